The first-order valence-electron chi connectivity index (χ1n) is 14.1. The van der Waals surface area contributed by atoms with Crippen LogP contribution in [0.1, 0.15) is 61.3 Å². The highest BCUT2D eigenvalue weighted by Gasteiger charge is 2.30. The van der Waals surface area contributed by atoms with Gasteiger partial charge in [0.25, 0.3) is 5.91 Å². The van der Waals surface area contributed by atoms with E-state index in [9.17, 15) is 14.7 Å². The van der Waals surface area contributed by atoms with Gasteiger partial charge < -0.3 is 19.5 Å². The molecule has 3 aliphatic rings. The number of nitrogens with zero attached hydrogens (tertiary/aromatic N) is 1. The van der Waals surface area contributed by atoms with Crippen molar-refractivity contribution in [3.8, 4) is 22.6 Å². The molecule has 0 atom stereocenters. The molecular formula is C33H34FNO5. The number of halogens is 1. The monoisotopic (exact) mass is 543 g/mol. The smallest absolute Gasteiger partial charge is 0.307 e. The van der Waals surface area contributed by atoms with E-state index >= 15 is 4.39 Å². The maximum Gasteiger partial charge on any atom is 0.307 e. The summed E-state index contributed by atoms with van der Waals surface area (Å²) in [5.74, 6) is -0.353. The van der Waals surface area contributed by atoms with Crippen molar-refractivity contribution < 1.29 is 28.6 Å². The number of ether oxygens (including phenoxy) is 2. The number of carbonyl (C=O) groups excluding carboxylic acids is 1. The number of amides is 1. The Labute approximate surface area is 233 Å². The van der Waals surface area contributed by atoms with Crippen LogP contribution < -0.4 is 9.47 Å². The third kappa shape index (κ3) is 4.32. The third-order valence-electron chi connectivity index (χ3n) is 8.93. The van der Waals surface area contributed by atoms with Gasteiger partial charge in [-0.3, -0.25) is 9.59 Å². The number of rotatable bonds is 4. The van der Waals surface area contributed by atoms with E-state index in [1.165, 1.54) is 6.07 Å². The van der Waals surface area contributed by atoms with E-state index in [4.69, 9.17) is 9.47 Å². The molecule has 208 valence electrons. The molecule has 0 unspecified atom stereocenters. The fraction of sp³-hybridized carbons (Fsp3) is 0.394. The number of para-hydroxylation sites is 1. The van der Waals surface area contributed by atoms with Crippen molar-refractivity contribution >= 4 is 11.9 Å². The van der Waals surface area contributed by atoms with Crippen LogP contribution in [0, 0.1) is 26.6 Å². The first-order chi connectivity index (χ1) is 19.3. The van der Waals surface area contributed by atoms with Crippen LogP contribution in [0.15, 0.2) is 24.3 Å². The highest BCUT2D eigenvalue weighted by atomic mass is 19.1. The number of hydrogen-bond acceptors (Lipinski definition) is 4. The van der Waals surface area contributed by atoms with E-state index in [2.05, 4.69) is 0 Å². The zero-order valence-electron chi connectivity index (χ0n) is 23.3. The second-order valence-electron chi connectivity index (χ2n) is 11.1. The van der Waals surface area contributed by atoms with Gasteiger partial charge in [-0.1, -0.05) is 12.1 Å². The number of hydrogen-bond donors (Lipinski definition) is 1. The van der Waals surface area contributed by atoms with Crippen LogP contribution in [0.2, 0.25) is 0 Å². The lowest BCUT2D eigenvalue weighted by atomic mass is 9.80. The summed E-state index contributed by atoms with van der Waals surface area (Å²) in [6, 6.07) is 7.27. The average molecular weight is 544 g/mol. The van der Waals surface area contributed by atoms with E-state index in [1.54, 1.807) is 0 Å². The Bertz CT molecular complexity index is 1560. The van der Waals surface area contributed by atoms with Crippen LogP contribution >= 0.6 is 0 Å². The first-order valence-corrected chi connectivity index (χ1v) is 14.1. The molecule has 0 saturated carbocycles. The fourth-order valence-corrected chi connectivity index (χ4v) is 6.89. The lowest BCUT2D eigenvalue weighted by Crippen LogP contribution is -2.33. The SMILES string of the molecule is Cc1c(-c2c(C)c3c(c(C)c2CC(=O)O)CCN(C(=O)c2cccc4c2OCC4)CC3)cc(F)c2c1CCCO2. The van der Waals surface area contributed by atoms with Gasteiger partial charge >= 0.3 is 5.97 Å². The van der Waals surface area contributed by atoms with E-state index < -0.39 is 11.8 Å². The molecule has 3 aromatic carbocycles. The van der Waals surface area contributed by atoms with E-state index in [-0.39, 0.29) is 12.3 Å². The maximum absolute atomic E-state index is 15.3. The predicted molar refractivity (Wildman–Crippen MR) is 150 cm³/mol. The molecule has 6 rings (SSSR count). The lowest BCUT2D eigenvalue weighted by molar-refractivity contribution is -0.136. The highest BCUT2D eigenvalue weighted by Crippen LogP contribution is 2.43. The summed E-state index contributed by atoms with van der Waals surface area (Å²) in [5.41, 5.74) is 9.84. The van der Waals surface area contributed by atoms with Crippen LogP contribution in [0.5, 0.6) is 11.5 Å². The highest BCUT2D eigenvalue weighted by molar-refractivity contribution is 5.97. The normalized spacial score (nSPS) is 15.8. The Hall–Kier alpha value is -3.87. The molecule has 0 radical (unpaired) electrons. The van der Waals surface area contributed by atoms with Crippen molar-refractivity contribution in [1.29, 1.82) is 0 Å². The van der Waals surface area contributed by atoms with E-state index in [1.807, 2.05) is 43.9 Å². The summed E-state index contributed by atoms with van der Waals surface area (Å²) >= 11 is 0. The van der Waals surface area contributed by atoms with Gasteiger partial charge in [-0.15, -0.1) is 0 Å². The molecule has 0 saturated heterocycles. The van der Waals surface area contributed by atoms with Crippen LogP contribution in [0.25, 0.3) is 11.1 Å². The molecule has 7 heteroatoms. The second-order valence-corrected chi connectivity index (χ2v) is 11.1. The molecule has 6 nitrogen and oxygen atoms in total. The van der Waals surface area contributed by atoms with Crippen LogP contribution in [0.4, 0.5) is 4.39 Å². The van der Waals surface area contributed by atoms with Crippen LogP contribution in [-0.2, 0) is 36.9 Å². The quantitative estimate of drug-likeness (QED) is 0.467. The Morgan fingerprint density at radius 2 is 1.62 bits per heavy atom. The molecule has 0 fully saturated rings. The summed E-state index contributed by atoms with van der Waals surface area (Å²) in [5, 5.41) is 9.89. The Balaban J connectivity index is 1.43. The third-order valence-corrected chi connectivity index (χ3v) is 8.93. The zero-order chi connectivity index (χ0) is 28.1. The molecule has 0 spiro atoms. The van der Waals surface area contributed by atoms with Gasteiger partial charge in [0, 0.05) is 25.1 Å². The second kappa shape index (κ2) is 10.3. The maximum atomic E-state index is 15.3. The lowest BCUT2D eigenvalue weighted by Gasteiger charge is -2.26. The van der Waals surface area contributed by atoms with Crippen molar-refractivity contribution in [2.75, 3.05) is 26.3 Å². The molecular weight excluding hydrogens is 509 g/mol. The van der Waals surface area contributed by atoms with E-state index in [0.717, 1.165) is 74.9 Å². The minimum atomic E-state index is -0.925. The summed E-state index contributed by atoms with van der Waals surface area (Å²) in [6.45, 7) is 8.13. The molecule has 1 amide bonds. The summed E-state index contributed by atoms with van der Waals surface area (Å²) in [6.07, 6.45) is 3.47. The fourth-order valence-electron chi connectivity index (χ4n) is 6.89. The van der Waals surface area contributed by atoms with Gasteiger partial charge in [0.2, 0.25) is 0 Å². The minimum Gasteiger partial charge on any atom is -0.492 e. The van der Waals surface area contributed by atoms with Gasteiger partial charge in [0.1, 0.15) is 5.75 Å². The molecule has 1 N–H and O–H groups in total. The van der Waals surface area contributed by atoms with Gasteiger partial charge in [-0.25, -0.2) is 4.39 Å². The number of carboxylic acids is 1. The number of carboxylic acid groups (broad SMARTS) is 1. The van der Waals surface area contributed by atoms with Gasteiger partial charge in [0.15, 0.2) is 11.6 Å². The van der Waals surface area contributed by atoms with Crippen molar-refractivity contribution in [2.24, 2.45) is 0 Å². The van der Waals surface area contributed by atoms with Crippen molar-refractivity contribution in [1.82, 2.24) is 4.90 Å². The van der Waals surface area contributed by atoms with E-state index in [0.29, 0.717) is 56.2 Å². The Morgan fingerprint density at radius 3 is 2.38 bits per heavy atom. The summed E-state index contributed by atoms with van der Waals surface area (Å²) < 4.78 is 26.8. The number of carbonyl (C=O) groups is 2. The zero-order valence-corrected chi connectivity index (χ0v) is 23.3. The molecule has 0 aromatic heterocycles. The molecule has 40 heavy (non-hydrogen) atoms. The topological polar surface area (TPSA) is 76.1 Å². The Morgan fingerprint density at radius 1 is 0.900 bits per heavy atom. The standard InChI is InChI=1S/C33H34FNO5/c1-18-22-9-12-35(33(38)25-7-4-6-21-11-15-40-31(21)25)13-10-23(22)20(3)30(27(18)17-29(36)37)26-16-28(34)32-24(19(26)2)8-5-14-39-32/h4,6-7,16H,5,8-15,17H2,1-3H3,(H,36,37). The predicted octanol–water partition coefficient (Wildman–Crippen LogP) is 5.55. The Kier molecular flexibility index (Phi) is 6.77. The van der Waals surface area contributed by atoms with Crippen molar-refractivity contribution in [3.63, 3.8) is 0 Å². The average Bonchev–Trinajstić information content (AvgIpc) is 3.32. The number of benzene rings is 3. The van der Waals surface area contributed by atoms with Crippen molar-refractivity contribution in [2.45, 2.75) is 59.3 Å². The van der Waals surface area contributed by atoms with Crippen molar-refractivity contribution in [3.05, 3.63) is 80.2 Å². The number of fused-ring (bicyclic) bond motifs is 3. The first kappa shape index (κ1) is 26.4. The summed E-state index contributed by atoms with van der Waals surface area (Å²) in [4.78, 5) is 27.6. The number of aliphatic carboxylic acids is 1. The van der Waals surface area contributed by atoms with Crippen LogP contribution in [-0.4, -0.2) is 48.2 Å². The molecule has 0 aliphatic carbocycles. The van der Waals surface area contributed by atoms with Gasteiger partial charge in [0.05, 0.1) is 25.2 Å². The summed E-state index contributed by atoms with van der Waals surface area (Å²) in [7, 11) is 0. The molecule has 3 aliphatic heterocycles. The minimum absolute atomic E-state index is 0.0413. The molecule has 3 heterocycles. The largest absolute Gasteiger partial charge is 0.492 e. The molecule has 0 bridgehead atoms. The van der Waals surface area contributed by atoms with Gasteiger partial charge in [-0.2, -0.15) is 0 Å². The van der Waals surface area contributed by atoms with Gasteiger partial charge in [-0.05, 0) is 109 Å². The molecule has 3 aromatic rings. The van der Waals surface area contributed by atoms with Crippen LogP contribution in [0.3, 0.4) is 0 Å².